The zero-order valence-electron chi connectivity index (χ0n) is 10.8. The molecule has 0 aliphatic carbocycles. The van der Waals surface area contributed by atoms with Crippen LogP contribution in [-0.2, 0) is 9.84 Å². The molecule has 0 fully saturated rings. The van der Waals surface area contributed by atoms with Crippen molar-refractivity contribution < 1.29 is 13.5 Å². The summed E-state index contributed by atoms with van der Waals surface area (Å²) in [5.41, 5.74) is 6.87. The Morgan fingerprint density at radius 2 is 2.00 bits per heavy atom. The molecule has 18 heavy (non-hydrogen) atoms. The van der Waals surface area contributed by atoms with Gasteiger partial charge in [-0.25, -0.2) is 8.42 Å². The second-order valence-electron chi connectivity index (χ2n) is 4.65. The van der Waals surface area contributed by atoms with Crippen molar-refractivity contribution in [2.24, 2.45) is 0 Å². The lowest BCUT2D eigenvalue weighted by molar-refractivity contribution is 0.179. The van der Waals surface area contributed by atoms with Gasteiger partial charge in [0.2, 0.25) is 0 Å². The van der Waals surface area contributed by atoms with Gasteiger partial charge in [-0.05, 0) is 38.5 Å². The van der Waals surface area contributed by atoms with E-state index in [9.17, 15) is 13.5 Å². The number of sulfone groups is 1. The zero-order chi connectivity index (χ0) is 13.9. The summed E-state index contributed by atoms with van der Waals surface area (Å²) < 4.78 is 22.7. The van der Waals surface area contributed by atoms with Crippen molar-refractivity contribution in [3.05, 3.63) is 18.2 Å². The predicted octanol–water partition coefficient (Wildman–Crippen LogP) is 1.24. The molecule has 6 heteroatoms. The molecule has 0 heterocycles. The fraction of sp³-hybridized carbons (Fsp3) is 0.500. The summed E-state index contributed by atoms with van der Waals surface area (Å²) in [6.07, 6.45) is 1.34. The molecule has 0 bridgehead atoms. The summed E-state index contributed by atoms with van der Waals surface area (Å²) in [6, 6.07) is 4.65. The Labute approximate surface area is 108 Å². The van der Waals surface area contributed by atoms with Gasteiger partial charge < -0.3 is 16.2 Å². The standard InChI is InChI=1S/C12H20N2O3S/c1-8(6-9(2)15)14-12-5-4-10(7-11(12)13)18(3,16)17/h4-5,7-9,14-15H,6,13H2,1-3H3. The van der Waals surface area contributed by atoms with E-state index in [0.29, 0.717) is 17.8 Å². The highest BCUT2D eigenvalue weighted by atomic mass is 32.2. The van der Waals surface area contributed by atoms with E-state index in [0.717, 1.165) is 6.26 Å². The lowest BCUT2D eigenvalue weighted by Crippen LogP contribution is -2.21. The number of rotatable bonds is 5. The Bertz CT molecular complexity index is 512. The second-order valence-corrected chi connectivity index (χ2v) is 6.67. The summed E-state index contributed by atoms with van der Waals surface area (Å²) >= 11 is 0. The normalized spacial score (nSPS) is 15.1. The molecular formula is C12H20N2O3S. The monoisotopic (exact) mass is 272 g/mol. The van der Waals surface area contributed by atoms with Gasteiger partial charge in [-0.2, -0.15) is 0 Å². The van der Waals surface area contributed by atoms with Crippen molar-refractivity contribution in [3.8, 4) is 0 Å². The van der Waals surface area contributed by atoms with Crippen LogP contribution in [0.5, 0.6) is 0 Å². The van der Waals surface area contributed by atoms with Gasteiger partial charge in [0.05, 0.1) is 22.4 Å². The third kappa shape index (κ3) is 4.19. The van der Waals surface area contributed by atoms with Gasteiger partial charge in [0, 0.05) is 12.3 Å². The third-order valence-corrected chi connectivity index (χ3v) is 3.66. The van der Waals surface area contributed by atoms with Gasteiger partial charge in [0.15, 0.2) is 9.84 Å². The van der Waals surface area contributed by atoms with Crippen LogP contribution < -0.4 is 11.1 Å². The average Bonchev–Trinajstić information content (AvgIpc) is 2.18. The Balaban J connectivity index is 2.87. The number of hydrogen-bond acceptors (Lipinski definition) is 5. The van der Waals surface area contributed by atoms with Crippen LogP contribution in [0, 0.1) is 0 Å². The summed E-state index contributed by atoms with van der Waals surface area (Å²) in [5, 5.41) is 12.4. The number of aliphatic hydroxyl groups excluding tert-OH is 1. The molecule has 0 saturated carbocycles. The van der Waals surface area contributed by atoms with Crippen LogP contribution in [0.3, 0.4) is 0 Å². The fourth-order valence-corrected chi connectivity index (χ4v) is 2.40. The molecule has 1 aromatic rings. The third-order valence-electron chi connectivity index (χ3n) is 2.55. The maximum absolute atomic E-state index is 11.4. The highest BCUT2D eigenvalue weighted by Gasteiger charge is 2.11. The molecule has 2 atom stereocenters. The van der Waals surface area contributed by atoms with E-state index in [1.807, 2.05) is 6.92 Å². The molecule has 0 aromatic heterocycles. The average molecular weight is 272 g/mol. The SMILES string of the molecule is CC(O)CC(C)Nc1ccc(S(C)(=O)=O)cc1N. The maximum Gasteiger partial charge on any atom is 0.175 e. The van der Waals surface area contributed by atoms with E-state index in [2.05, 4.69) is 5.32 Å². The lowest BCUT2D eigenvalue weighted by Gasteiger charge is -2.18. The Kier molecular flexibility index (Phi) is 4.59. The van der Waals surface area contributed by atoms with E-state index in [-0.39, 0.29) is 10.9 Å². The highest BCUT2D eigenvalue weighted by Crippen LogP contribution is 2.23. The highest BCUT2D eigenvalue weighted by molar-refractivity contribution is 7.90. The van der Waals surface area contributed by atoms with E-state index < -0.39 is 15.9 Å². The number of nitrogens with two attached hydrogens (primary N) is 1. The summed E-state index contributed by atoms with van der Waals surface area (Å²) in [6.45, 7) is 3.64. The lowest BCUT2D eigenvalue weighted by atomic mass is 10.1. The number of nitrogen functional groups attached to an aromatic ring is 1. The molecule has 0 radical (unpaired) electrons. The minimum absolute atomic E-state index is 0.0522. The molecule has 102 valence electrons. The Morgan fingerprint density at radius 1 is 1.39 bits per heavy atom. The first-order valence-electron chi connectivity index (χ1n) is 5.74. The summed E-state index contributed by atoms with van der Waals surface area (Å²) in [4.78, 5) is 0.203. The van der Waals surface area contributed by atoms with Crippen LogP contribution in [0.15, 0.2) is 23.1 Å². The summed E-state index contributed by atoms with van der Waals surface area (Å²) in [5.74, 6) is 0. The van der Waals surface area contributed by atoms with E-state index >= 15 is 0 Å². The van der Waals surface area contributed by atoms with Crippen molar-refractivity contribution in [2.45, 2.75) is 37.3 Å². The minimum Gasteiger partial charge on any atom is -0.397 e. The second kappa shape index (κ2) is 5.58. The molecule has 4 N–H and O–H groups in total. The molecule has 1 aromatic carbocycles. The quantitative estimate of drug-likeness (QED) is 0.701. The molecule has 1 rings (SSSR count). The largest absolute Gasteiger partial charge is 0.397 e. The molecule has 0 amide bonds. The van der Waals surface area contributed by atoms with Crippen molar-refractivity contribution >= 4 is 21.2 Å². The van der Waals surface area contributed by atoms with Gasteiger partial charge in [-0.3, -0.25) is 0 Å². The minimum atomic E-state index is -3.24. The van der Waals surface area contributed by atoms with Crippen LogP contribution in [0.4, 0.5) is 11.4 Å². The van der Waals surface area contributed by atoms with Crippen molar-refractivity contribution in [3.63, 3.8) is 0 Å². The van der Waals surface area contributed by atoms with E-state index in [4.69, 9.17) is 5.73 Å². The van der Waals surface area contributed by atoms with Crippen LogP contribution in [0.2, 0.25) is 0 Å². The van der Waals surface area contributed by atoms with Crippen LogP contribution in [-0.4, -0.2) is 31.9 Å². The Morgan fingerprint density at radius 3 is 2.44 bits per heavy atom. The molecule has 0 spiro atoms. The van der Waals surface area contributed by atoms with Gasteiger partial charge in [-0.1, -0.05) is 0 Å². The number of benzene rings is 1. The van der Waals surface area contributed by atoms with Gasteiger partial charge in [0.1, 0.15) is 0 Å². The number of nitrogens with one attached hydrogen (secondary N) is 1. The van der Waals surface area contributed by atoms with Crippen LogP contribution in [0.25, 0.3) is 0 Å². The van der Waals surface area contributed by atoms with Crippen LogP contribution in [0.1, 0.15) is 20.3 Å². The first kappa shape index (κ1) is 14.8. The first-order valence-corrected chi connectivity index (χ1v) is 7.63. The van der Waals surface area contributed by atoms with Crippen molar-refractivity contribution in [1.82, 2.24) is 0 Å². The molecule has 0 aliphatic rings. The first-order chi connectivity index (χ1) is 8.20. The number of anilines is 2. The molecule has 0 aliphatic heterocycles. The number of aliphatic hydroxyl groups is 1. The molecule has 5 nitrogen and oxygen atoms in total. The number of hydrogen-bond donors (Lipinski definition) is 3. The zero-order valence-corrected chi connectivity index (χ0v) is 11.7. The van der Waals surface area contributed by atoms with Crippen molar-refractivity contribution in [1.29, 1.82) is 0 Å². The van der Waals surface area contributed by atoms with E-state index in [1.54, 1.807) is 13.0 Å². The maximum atomic E-state index is 11.4. The van der Waals surface area contributed by atoms with Gasteiger partial charge in [-0.15, -0.1) is 0 Å². The van der Waals surface area contributed by atoms with Gasteiger partial charge >= 0.3 is 0 Å². The van der Waals surface area contributed by atoms with Crippen LogP contribution >= 0.6 is 0 Å². The van der Waals surface area contributed by atoms with E-state index in [1.165, 1.54) is 12.1 Å². The summed E-state index contributed by atoms with van der Waals surface area (Å²) in [7, 11) is -3.24. The topological polar surface area (TPSA) is 92.4 Å². The fourth-order valence-electron chi connectivity index (χ4n) is 1.74. The molecule has 0 saturated heterocycles. The predicted molar refractivity (Wildman–Crippen MR) is 73.3 cm³/mol. The molecule has 2 unspecified atom stereocenters. The smallest absolute Gasteiger partial charge is 0.175 e. The Hall–Kier alpha value is -1.27. The molecular weight excluding hydrogens is 252 g/mol. The van der Waals surface area contributed by atoms with Crippen molar-refractivity contribution in [2.75, 3.05) is 17.3 Å². The van der Waals surface area contributed by atoms with Gasteiger partial charge in [0.25, 0.3) is 0 Å².